The van der Waals surface area contributed by atoms with E-state index in [1.807, 2.05) is 0 Å². The zero-order valence-corrected chi connectivity index (χ0v) is 31.9. The summed E-state index contributed by atoms with van der Waals surface area (Å²) in [6, 6.07) is 67.6. The van der Waals surface area contributed by atoms with Gasteiger partial charge in [0.05, 0.1) is 0 Å². The van der Waals surface area contributed by atoms with E-state index in [-0.39, 0.29) is 0 Å². The predicted molar refractivity (Wildman–Crippen MR) is 233 cm³/mol. The van der Waals surface area contributed by atoms with E-state index in [4.69, 9.17) is 0 Å². The molecule has 0 fully saturated rings. The second kappa shape index (κ2) is 14.8. The van der Waals surface area contributed by atoms with Crippen molar-refractivity contribution >= 4 is 80.6 Å². The monoisotopic (exact) mass is 708 g/mol. The van der Waals surface area contributed by atoms with Crippen LogP contribution in [-0.2, 0) is 0 Å². The van der Waals surface area contributed by atoms with Gasteiger partial charge in [-0.15, -0.1) is 0 Å². The number of fused-ring (bicyclic) bond motifs is 2. The zero-order chi connectivity index (χ0) is 35.6. The van der Waals surface area contributed by atoms with Crippen molar-refractivity contribution in [2.45, 2.75) is 0 Å². The molecule has 8 aromatic rings. The van der Waals surface area contributed by atoms with Crippen LogP contribution >= 0.6 is 15.8 Å². The van der Waals surface area contributed by atoms with Crippen molar-refractivity contribution in [3.63, 3.8) is 0 Å². The number of anilines is 2. The molecule has 0 heterocycles. The van der Waals surface area contributed by atoms with Gasteiger partial charge in [0, 0.05) is 61.3 Å². The molecular formula is C48H42N2P2. The molecule has 4 heteroatoms. The molecule has 0 atom stereocenters. The van der Waals surface area contributed by atoms with Crippen molar-refractivity contribution < 1.29 is 0 Å². The van der Waals surface area contributed by atoms with Gasteiger partial charge in [0.15, 0.2) is 0 Å². The van der Waals surface area contributed by atoms with Gasteiger partial charge in [0.2, 0.25) is 0 Å². The van der Waals surface area contributed by atoms with E-state index in [2.05, 4.69) is 220 Å². The molecular weight excluding hydrogens is 666 g/mol. The maximum Gasteiger partial charge on any atom is 0.0458 e. The predicted octanol–water partition coefficient (Wildman–Crippen LogP) is 9.31. The van der Waals surface area contributed by atoms with E-state index in [9.17, 15) is 0 Å². The lowest BCUT2D eigenvalue weighted by Gasteiger charge is -2.33. The second-order valence-corrected chi connectivity index (χ2v) is 17.8. The average Bonchev–Trinajstić information content (AvgIpc) is 3.19. The first-order chi connectivity index (χ1) is 25.5. The summed E-state index contributed by atoms with van der Waals surface area (Å²) in [5, 5.41) is 13.2. The quantitative estimate of drug-likeness (QED) is 0.138. The van der Waals surface area contributed by atoms with Crippen LogP contribution in [-0.4, -0.2) is 28.2 Å². The standard InChI is InChI=1S/C48H42N2P2/c1-49(2)43-33-35-21-17-19-31-41(35)45(47(43)51(37-23-9-5-10-24-37)38-25-11-6-12-26-38)46-42-32-20-18-22-36(42)34-44(50(3)4)48(46)52(39-27-13-7-14-28-39)40-29-15-8-16-30-40/h5-34H,1-4H3. The fraction of sp³-hybridized carbons (Fsp3) is 0.0833. The van der Waals surface area contributed by atoms with Crippen LogP contribution in [0.4, 0.5) is 11.4 Å². The van der Waals surface area contributed by atoms with Crippen LogP contribution in [0.5, 0.6) is 0 Å². The Kier molecular flexibility index (Phi) is 9.62. The van der Waals surface area contributed by atoms with Crippen LogP contribution in [0.2, 0.25) is 0 Å². The van der Waals surface area contributed by atoms with Crippen LogP contribution in [0.3, 0.4) is 0 Å². The molecule has 0 saturated carbocycles. The molecule has 0 aliphatic heterocycles. The van der Waals surface area contributed by atoms with Gasteiger partial charge in [0.1, 0.15) is 0 Å². The second-order valence-electron chi connectivity index (χ2n) is 13.5. The molecule has 0 amide bonds. The number of benzene rings is 8. The van der Waals surface area contributed by atoms with Gasteiger partial charge in [0.25, 0.3) is 0 Å². The van der Waals surface area contributed by atoms with E-state index in [1.54, 1.807) is 0 Å². The Balaban J connectivity index is 1.64. The van der Waals surface area contributed by atoms with Gasteiger partial charge >= 0.3 is 0 Å². The Morgan fingerprint density at radius 3 is 0.885 bits per heavy atom. The molecule has 254 valence electrons. The molecule has 0 aliphatic rings. The van der Waals surface area contributed by atoms with Crippen molar-refractivity contribution in [1.82, 2.24) is 0 Å². The lowest BCUT2D eigenvalue weighted by Crippen LogP contribution is -2.31. The topological polar surface area (TPSA) is 6.48 Å². The van der Waals surface area contributed by atoms with Crippen LogP contribution in [0.15, 0.2) is 182 Å². The average molecular weight is 709 g/mol. The minimum absolute atomic E-state index is 0.985. The maximum atomic E-state index is 2.42. The van der Waals surface area contributed by atoms with Crippen LogP contribution in [0.25, 0.3) is 32.7 Å². The summed E-state index contributed by atoms with van der Waals surface area (Å²) >= 11 is 0. The Labute approximate surface area is 310 Å². The Bertz CT molecular complexity index is 2210. The highest BCUT2D eigenvalue weighted by atomic mass is 31.1. The molecule has 8 aromatic carbocycles. The molecule has 0 N–H and O–H groups in total. The van der Waals surface area contributed by atoms with E-state index in [0.29, 0.717) is 0 Å². The smallest absolute Gasteiger partial charge is 0.0458 e. The first-order valence-electron chi connectivity index (χ1n) is 17.8. The van der Waals surface area contributed by atoms with Crippen molar-refractivity contribution in [3.05, 3.63) is 182 Å². The summed E-state index contributed by atoms with van der Waals surface area (Å²) in [5.41, 5.74) is 5.16. The highest BCUT2D eigenvalue weighted by Gasteiger charge is 2.32. The van der Waals surface area contributed by atoms with E-state index >= 15 is 0 Å². The van der Waals surface area contributed by atoms with Crippen LogP contribution in [0.1, 0.15) is 0 Å². The molecule has 0 aliphatic carbocycles. The fourth-order valence-electron chi connectivity index (χ4n) is 7.41. The Hall–Kier alpha value is -5.26. The third kappa shape index (κ3) is 6.28. The van der Waals surface area contributed by atoms with Gasteiger partial charge in [-0.2, -0.15) is 0 Å². The minimum atomic E-state index is -0.985. The fourth-order valence-corrected chi connectivity index (χ4v) is 12.8. The molecule has 8 rings (SSSR count). The molecule has 0 bridgehead atoms. The van der Waals surface area contributed by atoms with E-state index in [1.165, 1.54) is 75.9 Å². The van der Waals surface area contributed by atoms with Crippen molar-refractivity contribution in [3.8, 4) is 11.1 Å². The number of nitrogens with zero attached hydrogens (tertiary/aromatic N) is 2. The van der Waals surface area contributed by atoms with E-state index in [0.717, 1.165) is 0 Å². The summed E-state index contributed by atoms with van der Waals surface area (Å²) < 4.78 is 0. The molecule has 0 saturated heterocycles. The molecule has 52 heavy (non-hydrogen) atoms. The lowest BCUT2D eigenvalue weighted by atomic mass is 9.92. The highest BCUT2D eigenvalue weighted by molar-refractivity contribution is 7.81. The molecule has 2 nitrogen and oxygen atoms in total. The van der Waals surface area contributed by atoms with E-state index < -0.39 is 15.8 Å². The van der Waals surface area contributed by atoms with Crippen molar-refractivity contribution in [2.75, 3.05) is 38.0 Å². The summed E-state index contributed by atoms with van der Waals surface area (Å²) in [7, 11) is 6.85. The summed E-state index contributed by atoms with van der Waals surface area (Å²) in [4.78, 5) is 4.67. The van der Waals surface area contributed by atoms with Gasteiger partial charge in [-0.25, -0.2) is 0 Å². The first-order valence-corrected chi connectivity index (χ1v) is 20.5. The summed E-state index contributed by atoms with van der Waals surface area (Å²) in [6.45, 7) is 0. The van der Waals surface area contributed by atoms with Crippen molar-refractivity contribution in [2.24, 2.45) is 0 Å². The Morgan fingerprint density at radius 2 is 0.596 bits per heavy atom. The summed E-state index contributed by atoms with van der Waals surface area (Å²) in [5.74, 6) is 0. The number of hydrogen-bond acceptors (Lipinski definition) is 2. The molecule has 0 spiro atoms. The number of rotatable bonds is 9. The summed E-state index contributed by atoms with van der Waals surface area (Å²) in [6.07, 6.45) is 0. The molecule has 0 radical (unpaired) electrons. The number of hydrogen-bond donors (Lipinski definition) is 0. The van der Waals surface area contributed by atoms with Gasteiger partial charge < -0.3 is 9.80 Å². The third-order valence-corrected chi connectivity index (χ3v) is 14.8. The zero-order valence-electron chi connectivity index (χ0n) is 30.1. The first kappa shape index (κ1) is 33.9. The SMILES string of the molecule is CN(C)c1cc2ccccc2c(-c2c(P(c3ccccc3)c3ccccc3)c(N(C)C)cc3ccccc23)c1P(c1ccccc1)c1ccccc1. The highest BCUT2D eigenvalue weighted by Crippen LogP contribution is 2.49. The van der Waals surface area contributed by atoms with Gasteiger partial charge in [-0.3, -0.25) is 0 Å². The minimum Gasteiger partial charge on any atom is -0.377 e. The lowest BCUT2D eigenvalue weighted by molar-refractivity contribution is 1.14. The van der Waals surface area contributed by atoms with Crippen molar-refractivity contribution in [1.29, 1.82) is 0 Å². The maximum absolute atomic E-state index is 2.42. The Morgan fingerprint density at radius 1 is 0.327 bits per heavy atom. The van der Waals surface area contributed by atoms with Crippen LogP contribution < -0.4 is 41.6 Å². The van der Waals surface area contributed by atoms with Gasteiger partial charge in [-0.1, -0.05) is 170 Å². The van der Waals surface area contributed by atoms with Crippen LogP contribution in [0, 0.1) is 0 Å². The normalized spacial score (nSPS) is 11.4. The van der Waals surface area contributed by atoms with Gasteiger partial charge in [-0.05, 0) is 70.7 Å². The molecule has 0 unspecified atom stereocenters. The largest absolute Gasteiger partial charge is 0.377 e. The third-order valence-electron chi connectivity index (χ3n) is 9.72. The molecule has 0 aromatic heterocycles.